The molecule has 0 aliphatic rings. The largest absolute Gasteiger partial charge is 0.449 e. The van der Waals surface area contributed by atoms with Gasteiger partial charge >= 0.3 is 0 Å². The molecule has 1 heterocycles. The first-order valence-corrected chi connectivity index (χ1v) is 9.38. The zero-order chi connectivity index (χ0) is 22.0. The SMILES string of the molecule is Cc1cccc(C(=O)Nc2c(C(=O)Nc3ccc([N+](=O)[O-])cc3)oc3ccccc23)c1. The first kappa shape index (κ1) is 19.8. The lowest BCUT2D eigenvalue weighted by Crippen LogP contribution is -2.17. The van der Waals surface area contributed by atoms with Crippen LogP contribution in [0.1, 0.15) is 26.5 Å². The summed E-state index contributed by atoms with van der Waals surface area (Å²) in [6.07, 6.45) is 0. The van der Waals surface area contributed by atoms with Crippen LogP contribution >= 0.6 is 0 Å². The quantitative estimate of drug-likeness (QED) is 0.345. The van der Waals surface area contributed by atoms with Crippen LogP contribution in [-0.4, -0.2) is 16.7 Å². The fraction of sp³-hybridized carbons (Fsp3) is 0.0435. The molecule has 31 heavy (non-hydrogen) atoms. The van der Waals surface area contributed by atoms with E-state index in [4.69, 9.17) is 4.42 Å². The Bertz CT molecular complexity index is 1310. The van der Waals surface area contributed by atoms with Crippen molar-refractivity contribution in [3.05, 3.63) is 99.8 Å². The van der Waals surface area contributed by atoms with E-state index in [1.807, 2.05) is 13.0 Å². The summed E-state index contributed by atoms with van der Waals surface area (Å²) >= 11 is 0. The summed E-state index contributed by atoms with van der Waals surface area (Å²) in [6.45, 7) is 1.88. The van der Waals surface area contributed by atoms with Crippen LogP contribution in [0.4, 0.5) is 17.1 Å². The molecule has 0 unspecified atom stereocenters. The number of amides is 2. The molecule has 0 aliphatic carbocycles. The smallest absolute Gasteiger partial charge is 0.293 e. The van der Waals surface area contributed by atoms with E-state index < -0.39 is 10.8 Å². The number of carbonyl (C=O) groups excluding carboxylic acids is 2. The first-order chi connectivity index (χ1) is 14.9. The molecule has 4 aromatic rings. The number of rotatable bonds is 5. The highest BCUT2D eigenvalue weighted by Crippen LogP contribution is 2.32. The maximum Gasteiger partial charge on any atom is 0.293 e. The molecule has 0 radical (unpaired) electrons. The molecule has 0 saturated heterocycles. The zero-order valence-electron chi connectivity index (χ0n) is 16.4. The Morgan fingerprint density at radius 2 is 1.65 bits per heavy atom. The van der Waals surface area contributed by atoms with Gasteiger partial charge in [-0.15, -0.1) is 0 Å². The third-order valence-electron chi connectivity index (χ3n) is 4.66. The van der Waals surface area contributed by atoms with Gasteiger partial charge in [0, 0.05) is 28.8 Å². The van der Waals surface area contributed by atoms with Crippen LogP contribution in [0.25, 0.3) is 11.0 Å². The van der Waals surface area contributed by atoms with E-state index in [1.165, 1.54) is 24.3 Å². The zero-order valence-corrected chi connectivity index (χ0v) is 16.4. The summed E-state index contributed by atoms with van der Waals surface area (Å²) in [5.74, 6) is -1.04. The number of hydrogen-bond acceptors (Lipinski definition) is 5. The number of nitro benzene ring substituents is 1. The average molecular weight is 415 g/mol. The number of hydrogen-bond donors (Lipinski definition) is 2. The summed E-state index contributed by atoms with van der Waals surface area (Å²) in [6, 6.07) is 19.5. The molecule has 8 heteroatoms. The Balaban J connectivity index is 1.66. The monoisotopic (exact) mass is 415 g/mol. The Morgan fingerprint density at radius 1 is 0.903 bits per heavy atom. The Morgan fingerprint density at radius 3 is 2.35 bits per heavy atom. The molecule has 2 amide bonds. The summed E-state index contributed by atoms with van der Waals surface area (Å²) in [4.78, 5) is 36.0. The minimum atomic E-state index is -0.593. The molecular formula is C23H17N3O5. The Kier molecular flexibility index (Phi) is 5.19. The normalized spacial score (nSPS) is 10.6. The highest BCUT2D eigenvalue weighted by molar-refractivity contribution is 6.16. The van der Waals surface area contributed by atoms with E-state index >= 15 is 0 Å². The van der Waals surface area contributed by atoms with Crippen molar-refractivity contribution in [2.45, 2.75) is 6.92 Å². The third-order valence-corrected chi connectivity index (χ3v) is 4.66. The van der Waals surface area contributed by atoms with Crippen molar-refractivity contribution in [1.29, 1.82) is 0 Å². The fourth-order valence-electron chi connectivity index (χ4n) is 3.16. The molecule has 0 saturated carbocycles. The number of non-ortho nitro benzene ring substituents is 1. The minimum Gasteiger partial charge on any atom is -0.449 e. The molecule has 0 aliphatic heterocycles. The van der Waals surface area contributed by atoms with Gasteiger partial charge in [0.05, 0.1) is 4.92 Å². The number of anilines is 2. The van der Waals surface area contributed by atoms with Crippen molar-refractivity contribution in [3.8, 4) is 0 Å². The molecule has 4 rings (SSSR count). The highest BCUT2D eigenvalue weighted by atomic mass is 16.6. The predicted molar refractivity (Wildman–Crippen MR) is 116 cm³/mol. The van der Waals surface area contributed by atoms with Gasteiger partial charge in [0.25, 0.3) is 17.5 Å². The van der Waals surface area contributed by atoms with E-state index in [1.54, 1.807) is 42.5 Å². The second-order valence-corrected chi connectivity index (χ2v) is 6.88. The number of nitrogens with one attached hydrogen (secondary N) is 2. The third kappa shape index (κ3) is 4.13. The molecule has 0 atom stereocenters. The van der Waals surface area contributed by atoms with Crippen molar-refractivity contribution in [2.75, 3.05) is 10.6 Å². The van der Waals surface area contributed by atoms with Crippen molar-refractivity contribution >= 4 is 39.8 Å². The van der Waals surface area contributed by atoms with E-state index in [-0.39, 0.29) is 23.0 Å². The standard InChI is InChI=1S/C23H17N3O5/c1-14-5-4-6-15(13-14)22(27)25-20-18-7-2-3-8-19(18)31-21(20)23(28)24-16-9-11-17(12-10-16)26(29)30/h2-13H,1H3,(H,24,28)(H,25,27). The van der Waals surface area contributed by atoms with Gasteiger partial charge in [-0.2, -0.15) is 0 Å². The van der Waals surface area contributed by atoms with Gasteiger partial charge in [-0.3, -0.25) is 19.7 Å². The van der Waals surface area contributed by atoms with Crippen molar-refractivity contribution < 1.29 is 18.9 Å². The van der Waals surface area contributed by atoms with Crippen LogP contribution in [0.15, 0.2) is 77.2 Å². The lowest BCUT2D eigenvalue weighted by atomic mass is 10.1. The maximum atomic E-state index is 12.9. The van der Waals surface area contributed by atoms with Gasteiger partial charge in [-0.05, 0) is 43.3 Å². The molecular weight excluding hydrogens is 398 g/mol. The number of fused-ring (bicyclic) bond motifs is 1. The topological polar surface area (TPSA) is 114 Å². The summed E-state index contributed by atoms with van der Waals surface area (Å²) < 4.78 is 5.72. The lowest BCUT2D eigenvalue weighted by molar-refractivity contribution is -0.384. The van der Waals surface area contributed by atoms with Crippen LogP contribution in [0.5, 0.6) is 0 Å². The summed E-state index contributed by atoms with van der Waals surface area (Å²) in [7, 11) is 0. The van der Waals surface area contributed by atoms with Crippen LogP contribution < -0.4 is 10.6 Å². The van der Waals surface area contributed by atoms with E-state index in [0.29, 0.717) is 22.2 Å². The first-order valence-electron chi connectivity index (χ1n) is 9.38. The Labute approximate surface area is 176 Å². The minimum absolute atomic E-state index is 0.0689. The lowest BCUT2D eigenvalue weighted by Gasteiger charge is -2.08. The molecule has 3 aromatic carbocycles. The number of carbonyl (C=O) groups is 2. The maximum absolute atomic E-state index is 12.9. The number of aryl methyl sites for hydroxylation is 1. The van der Waals surface area contributed by atoms with E-state index in [9.17, 15) is 19.7 Å². The number of furan rings is 1. The number of para-hydroxylation sites is 1. The highest BCUT2D eigenvalue weighted by Gasteiger charge is 2.23. The van der Waals surface area contributed by atoms with Crippen molar-refractivity contribution in [3.63, 3.8) is 0 Å². The van der Waals surface area contributed by atoms with E-state index in [0.717, 1.165) is 5.56 Å². The average Bonchev–Trinajstić information content (AvgIpc) is 3.13. The molecule has 154 valence electrons. The van der Waals surface area contributed by atoms with Crippen LogP contribution in [-0.2, 0) is 0 Å². The van der Waals surface area contributed by atoms with Crippen molar-refractivity contribution in [1.82, 2.24) is 0 Å². The fourth-order valence-corrected chi connectivity index (χ4v) is 3.16. The second-order valence-electron chi connectivity index (χ2n) is 6.88. The molecule has 1 aromatic heterocycles. The summed E-state index contributed by atoms with van der Waals surface area (Å²) in [5.41, 5.74) is 2.34. The molecule has 2 N–H and O–H groups in total. The van der Waals surface area contributed by atoms with Gasteiger partial charge in [0.2, 0.25) is 5.76 Å². The number of nitrogens with zero attached hydrogens (tertiary/aromatic N) is 1. The molecule has 8 nitrogen and oxygen atoms in total. The van der Waals surface area contributed by atoms with Gasteiger partial charge in [-0.1, -0.05) is 29.8 Å². The van der Waals surface area contributed by atoms with Gasteiger partial charge in [0.1, 0.15) is 11.3 Å². The second kappa shape index (κ2) is 8.11. The van der Waals surface area contributed by atoms with Crippen molar-refractivity contribution in [2.24, 2.45) is 0 Å². The van der Waals surface area contributed by atoms with Gasteiger partial charge < -0.3 is 15.1 Å². The molecule has 0 spiro atoms. The number of nitro groups is 1. The van der Waals surface area contributed by atoms with Crippen LogP contribution in [0.3, 0.4) is 0 Å². The van der Waals surface area contributed by atoms with Gasteiger partial charge in [0.15, 0.2) is 0 Å². The Hall–Kier alpha value is -4.46. The molecule has 0 fully saturated rings. The molecule has 0 bridgehead atoms. The number of benzene rings is 3. The van der Waals surface area contributed by atoms with Crippen LogP contribution in [0, 0.1) is 17.0 Å². The van der Waals surface area contributed by atoms with Crippen LogP contribution in [0.2, 0.25) is 0 Å². The van der Waals surface area contributed by atoms with E-state index in [2.05, 4.69) is 10.6 Å². The predicted octanol–water partition coefficient (Wildman–Crippen LogP) is 5.15. The summed E-state index contributed by atoms with van der Waals surface area (Å²) in [5, 5.41) is 16.8. The van der Waals surface area contributed by atoms with Gasteiger partial charge in [-0.25, -0.2) is 0 Å².